The molecule has 0 bridgehead atoms. The van der Waals surface area contributed by atoms with E-state index in [2.05, 4.69) is 6.92 Å². The number of nitrogens with two attached hydrogens (primary N) is 1. The summed E-state index contributed by atoms with van der Waals surface area (Å²) >= 11 is 0. The summed E-state index contributed by atoms with van der Waals surface area (Å²) < 4.78 is 0. The predicted octanol–water partition coefficient (Wildman–Crippen LogP) is 1.98. The van der Waals surface area contributed by atoms with Crippen LogP contribution in [0.15, 0.2) is 0 Å². The van der Waals surface area contributed by atoms with Crippen LogP contribution in [0.3, 0.4) is 0 Å². The van der Waals surface area contributed by atoms with Crippen LogP contribution in [0.1, 0.15) is 40.0 Å². The number of carbonyl (C=O) groups is 1. The van der Waals surface area contributed by atoms with Crippen LogP contribution >= 0.6 is 0 Å². The van der Waals surface area contributed by atoms with Gasteiger partial charge in [-0.2, -0.15) is 0 Å². The average molecular weight is 171 g/mol. The number of hydrogen-bond acceptors (Lipinski definition) is 2. The van der Waals surface area contributed by atoms with Gasteiger partial charge in [0.25, 0.3) is 0 Å². The quantitative estimate of drug-likeness (QED) is 0.664. The summed E-state index contributed by atoms with van der Waals surface area (Å²) in [6.07, 6.45) is 2.63. The molecule has 2 nitrogen and oxygen atoms in total. The summed E-state index contributed by atoms with van der Waals surface area (Å²) in [6.45, 7) is 6.76. The second-order valence-corrected chi connectivity index (χ2v) is 3.49. The van der Waals surface area contributed by atoms with Crippen LogP contribution in [0.5, 0.6) is 0 Å². The summed E-state index contributed by atoms with van der Waals surface area (Å²) in [5.41, 5.74) is 5.52. The van der Waals surface area contributed by atoms with Crippen molar-refractivity contribution in [3.05, 3.63) is 0 Å². The lowest BCUT2D eigenvalue weighted by Crippen LogP contribution is -2.20. The highest BCUT2D eigenvalue weighted by molar-refractivity contribution is 5.80. The van der Waals surface area contributed by atoms with E-state index in [1.807, 2.05) is 13.8 Å². The Bertz CT molecular complexity index is 130. The molecule has 0 fully saturated rings. The van der Waals surface area contributed by atoms with Crippen LogP contribution in [0, 0.1) is 11.8 Å². The average Bonchev–Trinajstić information content (AvgIpc) is 2.12. The molecule has 0 spiro atoms. The molecule has 0 rings (SSSR count). The number of carbonyl (C=O) groups excluding carboxylic acids is 1. The third kappa shape index (κ3) is 3.86. The Balaban J connectivity index is 3.81. The summed E-state index contributed by atoms with van der Waals surface area (Å²) in [5.74, 6) is 0.979. The molecule has 2 N–H and O–H groups in total. The molecule has 0 aliphatic carbocycles. The van der Waals surface area contributed by atoms with E-state index in [1.165, 1.54) is 0 Å². The van der Waals surface area contributed by atoms with E-state index in [4.69, 9.17) is 5.73 Å². The molecule has 0 aliphatic heterocycles. The van der Waals surface area contributed by atoms with Gasteiger partial charge >= 0.3 is 0 Å². The van der Waals surface area contributed by atoms with Crippen LogP contribution < -0.4 is 5.73 Å². The van der Waals surface area contributed by atoms with Crippen molar-refractivity contribution in [1.29, 1.82) is 0 Å². The van der Waals surface area contributed by atoms with E-state index in [1.54, 1.807) is 0 Å². The van der Waals surface area contributed by atoms with Crippen LogP contribution in [0.4, 0.5) is 0 Å². The Morgan fingerprint density at radius 2 is 1.92 bits per heavy atom. The highest BCUT2D eigenvalue weighted by Crippen LogP contribution is 2.12. The molecule has 0 saturated carbocycles. The van der Waals surface area contributed by atoms with Gasteiger partial charge in [-0.3, -0.25) is 4.79 Å². The van der Waals surface area contributed by atoms with Crippen molar-refractivity contribution in [2.75, 3.05) is 6.54 Å². The zero-order chi connectivity index (χ0) is 9.56. The third-order valence-corrected chi connectivity index (χ3v) is 2.56. The van der Waals surface area contributed by atoms with E-state index in [0.717, 1.165) is 12.8 Å². The van der Waals surface area contributed by atoms with Gasteiger partial charge in [0.2, 0.25) is 0 Å². The fourth-order valence-electron chi connectivity index (χ4n) is 1.11. The molecule has 2 atom stereocenters. The van der Waals surface area contributed by atoms with Gasteiger partial charge in [-0.1, -0.05) is 27.2 Å². The lowest BCUT2D eigenvalue weighted by atomic mass is 9.92. The van der Waals surface area contributed by atoms with Gasteiger partial charge in [-0.05, 0) is 18.9 Å². The van der Waals surface area contributed by atoms with Crippen molar-refractivity contribution in [2.24, 2.45) is 17.6 Å². The molecular formula is C10H21NO. The highest BCUT2D eigenvalue weighted by atomic mass is 16.1. The topological polar surface area (TPSA) is 43.1 Å². The third-order valence-electron chi connectivity index (χ3n) is 2.56. The van der Waals surface area contributed by atoms with Crippen molar-refractivity contribution >= 4 is 5.78 Å². The van der Waals surface area contributed by atoms with Gasteiger partial charge in [-0.15, -0.1) is 0 Å². The van der Waals surface area contributed by atoms with Gasteiger partial charge in [0.05, 0.1) is 0 Å². The minimum atomic E-state index is 0.214. The maximum Gasteiger partial charge on any atom is 0.136 e. The molecule has 2 heteroatoms. The molecule has 12 heavy (non-hydrogen) atoms. The molecule has 0 saturated heterocycles. The minimum Gasteiger partial charge on any atom is -0.330 e. The van der Waals surface area contributed by atoms with Gasteiger partial charge in [-0.25, -0.2) is 0 Å². The summed E-state index contributed by atoms with van der Waals surface area (Å²) in [4.78, 5) is 11.4. The smallest absolute Gasteiger partial charge is 0.136 e. The van der Waals surface area contributed by atoms with E-state index < -0.39 is 0 Å². The van der Waals surface area contributed by atoms with Crippen molar-refractivity contribution in [3.8, 4) is 0 Å². The first-order chi connectivity index (χ1) is 5.65. The molecule has 2 unspecified atom stereocenters. The Kier molecular flexibility index (Phi) is 5.99. The standard InChI is InChI=1S/C10H21NO/c1-4-8(3)10(12)6-9(5-2)7-11/h8-9H,4-7,11H2,1-3H3. The van der Waals surface area contributed by atoms with E-state index >= 15 is 0 Å². The van der Waals surface area contributed by atoms with Crippen LogP contribution in [0.25, 0.3) is 0 Å². The van der Waals surface area contributed by atoms with Crippen molar-refractivity contribution < 1.29 is 4.79 Å². The van der Waals surface area contributed by atoms with Gasteiger partial charge in [0, 0.05) is 12.3 Å². The lowest BCUT2D eigenvalue weighted by molar-refractivity contribution is -0.123. The molecule has 0 amide bonds. The molecule has 0 radical (unpaired) electrons. The van der Waals surface area contributed by atoms with Gasteiger partial charge < -0.3 is 5.73 Å². The second kappa shape index (κ2) is 6.18. The highest BCUT2D eigenvalue weighted by Gasteiger charge is 2.14. The Hall–Kier alpha value is -0.370. The zero-order valence-electron chi connectivity index (χ0n) is 8.47. The van der Waals surface area contributed by atoms with Crippen LogP contribution in [-0.2, 0) is 4.79 Å². The number of ketones is 1. The minimum absolute atomic E-state index is 0.214. The second-order valence-electron chi connectivity index (χ2n) is 3.49. The van der Waals surface area contributed by atoms with Crippen molar-refractivity contribution in [1.82, 2.24) is 0 Å². The molecule has 0 aromatic heterocycles. The Labute approximate surface area is 75.5 Å². The zero-order valence-corrected chi connectivity index (χ0v) is 8.47. The predicted molar refractivity (Wildman–Crippen MR) is 51.9 cm³/mol. The number of hydrogen-bond donors (Lipinski definition) is 1. The molecule has 0 aromatic carbocycles. The molecular weight excluding hydrogens is 150 g/mol. The SMILES string of the molecule is CCC(CN)CC(=O)C(C)CC. The van der Waals surface area contributed by atoms with E-state index in [9.17, 15) is 4.79 Å². The van der Waals surface area contributed by atoms with Crippen molar-refractivity contribution in [2.45, 2.75) is 40.0 Å². The normalized spacial score (nSPS) is 15.7. The van der Waals surface area contributed by atoms with E-state index in [-0.39, 0.29) is 5.92 Å². The fraction of sp³-hybridized carbons (Fsp3) is 0.900. The Morgan fingerprint density at radius 3 is 2.25 bits per heavy atom. The van der Waals surface area contributed by atoms with Crippen LogP contribution in [-0.4, -0.2) is 12.3 Å². The van der Waals surface area contributed by atoms with Crippen LogP contribution in [0.2, 0.25) is 0 Å². The molecule has 72 valence electrons. The summed E-state index contributed by atoms with van der Waals surface area (Å²) in [5, 5.41) is 0. The van der Waals surface area contributed by atoms with Gasteiger partial charge in [0.1, 0.15) is 5.78 Å². The van der Waals surface area contributed by atoms with Gasteiger partial charge in [0.15, 0.2) is 0 Å². The summed E-state index contributed by atoms with van der Waals surface area (Å²) in [6, 6.07) is 0. The lowest BCUT2D eigenvalue weighted by Gasteiger charge is -2.13. The maximum atomic E-state index is 11.4. The molecule has 0 heterocycles. The summed E-state index contributed by atoms with van der Waals surface area (Å²) in [7, 11) is 0. The first-order valence-corrected chi connectivity index (χ1v) is 4.88. The number of rotatable bonds is 6. The monoisotopic (exact) mass is 171 g/mol. The largest absolute Gasteiger partial charge is 0.330 e. The first kappa shape index (κ1) is 11.6. The van der Waals surface area contributed by atoms with Crippen molar-refractivity contribution in [3.63, 3.8) is 0 Å². The molecule has 0 aliphatic rings. The van der Waals surface area contributed by atoms with E-state index in [0.29, 0.717) is 24.7 Å². The fourth-order valence-corrected chi connectivity index (χ4v) is 1.11. The molecule has 0 aromatic rings. The Morgan fingerprint density at radius 1 is 1.33 bits per heavy atom. The maximum absolute atomic E-state index is 11.4. The first-order valence-electron chi connectivity index (χ1n) is 4.88. The number of Topliss-reactive ketones (excluding diaryl/α,β-unsaturated/α-hetero) is 1.